The lowest BCUT2D eigenvalue weighted by Gasteiger charge is -2.35. The molecule has 2 unspecified atom stereocenters. The molecule has 0 spiro atoms. The van der Waals surface area contributed by atoms with Gasteiger partial charge in [0, 0.05) is 25.2 Å². The molecule has 2 rings (SSSR count). The number of hydrogen-bond donors (Lipinski definition) is 2. The molecule has 0 bridgehead atoms. The van der Waals surface area contributed by atoms with Gasteiger partial charge < -0.3 is 10.2 Å². The van der Waals surface area contributed by atoms with Crippen molar-refractivity contribution in [2.45, 2.75) is 25.9 Å². The lowest BCUT2D eigenvalue weighted by atomic mass is 10.1. The summed E-state index contributed by atoms with van der Waals surface area (Å²) < 4.78 is 0. The summed E-state index contributed by atoms with van der Waals surface area (Å²) in [6, 6.07) is 0.640. The van der Waals surface area contributed by atoms with Gasteiger partial charge in [-0.25, -0.2) is 4.98 Å². The molecule has 6 heteroatoms. The third-order valence-corrected chi connectivity index (χ3v) is 2.46. The molecule has 0 saturated carbocycles. The number of rotatable bonds is 1. The number of nitrogens with one attached hydrogen (secondary N) is 2. The van der Waals surface area contributed by atoms with Gasteiger partial charge in [-0.3, -0.25) is 9.89 Å². The van der Waals surface area contributed by atoms with E-state index in [2.05, 4.69) is 34.3 Å². The fourth-order valence-corrected chi connectivity index (χ4v) is 1.95. The quantitative estimate of drug-likeness (QED) is 0.661. The summed E-state index contributed by atoms with van der Waals surface area (Å²) >= 11 is 0. The van der Waals surface area contributed by atoms with Gasteiger partial charge in [-0.15, -0.1) is 0 Å². The SMILES string of the molecule is CC1CN(C(=O)c2ncn[nH]2)CC(C)N1. The molecule has 1 aromatic heterocycles. The first kappa shape index (κ1) is 10.1. The van der Waals surface area contributed by atoms with Gasteiger partial charge >= 0.3 is 0 Å². The fourth-order valence-electron chi connectivity index (χ4n) is 1.95. The van der Waals surface area contributed by atoms with E-state index in [4.69, 9.17) is 0 Å². The summed E-state index contributed by atoms with van der Waals surface area (Å²) in [7, 11) is 0. The summed E-state index contributed by atoms with van der Waals surface area (Å²) in [4.78, 5) is 17.6. The van der Waals surface area contributed by atoms with Crippen molar-refractivity contribution in [3.8, 4) is 0 Å². The molecule has 6 nitrogen and oxygen atoms in total. The highest BCUT2D eigenvalue weighted by atomic mass is 16.2. The Morgan fingerprint density at radius 2 is 2.13 bits per heavy atom. The van der Waals surface area contributed by atoms with Crippen LogP contribution >= 0.6 is 0 Å². The number of piperazine rings is 1. The highest BCUT2D eigenvalue weighted by molar-refractivity contribution is 5.90. The van der Waals surface area contributed by atoms with E-state index in [9.17, 15) is 4.79 Å². The van der Waals surface area contributed by atoms with E-state index in [0.717, 1.165) is 0 Å². The predicted molar refractivity (Wildman–Crippen MR) is 54.3 cm³/mol. The molecule has 1 aromatic rings. The van der Waals surface area contributed by atoms with Crippen LogP contribution in [-0.4, -0.2) is 51.2 Å². The Balaban J connectivity index is 2.07. The summed E-state index contributed by atoms with van der Waals surface area (Å²) in [5.74, 6) is 0.240. The van der Waals surface area contributed by atoms with Crippen molar-refractivity contribution < 1.29 is 4.79 Å². The van der Waals surface area contributed by atoms with Gasteiger partial charge in [0.05, 0.1) is 0 Å². The molecule has 2 atom stereocenters. The Kier molecular flexibility index (Phi) is 2.68. The predicted octanol–water partition coefficient (Wildman–Crippen LogP) is -0.373. The molecular formula is C9H15N5O. The fraction of sp³-hybridized carbons (Fsp3) is 0.667. The third kappa shape index (κ3) is 2.15. The molecule has 82 valence electrons. The van der Waals surface area contributed by atoms with Crippen LogP contribution in [0.4, 0.5) is 0 Å². The van der Waals surface area contributed by atoms with Crippen molar-refractivity contribution in [2.75, 3.05) is 13.1 Å². The molecular weight excluding hydrogens is 194 g/mol. The van der Waals surface area contributed by atoms with Crippen molar-refractivity contribution in [2.24, 2.45) is 0 Å². The van der Waals surface area contributed by atoms with Gasteiger partial charge in [0.15, 0.2) is 0 Å². The van der Waals surface area contributed by atoms with E-state index in [0.29, 0.717) is 31.0 Å². The van der Waals surface area contributed by atoms with Gasteiger partial charge in [-0.2, -0.15) is 5.10 Å². The van der Waals surface area contributed by atoms with Crippen LogP contribution < -0.4 is 5.32 Å². The monoisotopic (exact) mass is 209 g/mol. The number of carbonyl (C=O) groups excluding carboxylic acids is 1. The molecule has 1 amide bonds. The Morgan fingerprint density at radius 3 is 2.67 bits per heavy atom. The van der Waals surface area contributed by atoms with Gasteiger partial charge in [0.2, 0.25) is 5.82 Å². The zero-order chi connectivity index (χ0) is 10.8. The van der Waals surface area contributed by atoms with Gasteiger partial charge in [0.25, 0.3) is 5.91 Å². The van der Waals surface area contributed by atoms with Crippen LogP contribution in [0.25, 0.3) is 0 Å². The number of amides is 1. The number of nitrogens with zero attached hydrogens (tertiary/aromatic N) is 3. The molecule has 1 aliphatic rings. The Hall–Kier alpha value is -1.43. The van der Waals surface area contributed by atoms with E-state index < -0.39 is 0 Å². The number of aromatic amines is 1. The van der Waals surface area contributed by atoms with Crippen molar-refractivity contribution in [1.29, 1.82) is 0 Å². The molecule has 0 radical (unpaired) electrons. The Labute approximate surface area is 88.1 Å². The standard InChI is InChI=1S/C9H15N5O/c1-6-3-14(4-7(2)12-6)9(15)8-10-5-11-13-8/h5-7,12H,3-4H2,1-2H3,(H,10,11,13). The van der Waals surface area contributed by atoms with Gasteiger partial charge in [-0.05, 0) is 13.8 Å². The number of hydrogen-bond acceptors (Lipinski definition) is 4. The highest BCUT2D eigenvalue weighted by Gasteiger charge is 2.26. The maximum Gasteiger partial charge on any atom is 0.291 e. The van der Waals surface area contributed by atoms with E-state index >= 15 is 0 Å². The van der Waals surface area contributed by atoms with Crippen LogP contribution in [0.2, 0.25) is 0 Å². The van der Waals surface area contributed by atoms with Crippen LogP contribution in [0.15, 0.2) is 6.33 Å². The van der Waals surface area contributed by atoms with E-state index in [1.54, 1.807) is 4.90 Å². The zero-order valence-electron chi connectivity index (χ0n) is 8.90. The second kappa shape index (κ2) is 3.98. The smallest absolute Gasteiger partial charge is 0.291 e. The van der Waals surface area contributed by atoms with Crippen LogP contribution in [-0.2, 0) is 0 Å². The number of aromatic nitrogens is 3. The van der Waals surface area contributed by atoms with Crippen molar-refractivity contribution >= 4 is 5.91 Å². The number of H-pyrrole nitrogens is 1. The van der Waals surface area contributed by atoms with Gasteiger partial charge in [0.1, 0.15) is 6.33 Å². The average molecular weight is 209 g/mol. The second-order valence-electron chi connectivity index (χ2n) is 4.01. The normalized spacial score (nSPS) is 26.7. The minimum absolute atomic E-state index is 0.0762. The van der Waals surface area contributed by atoms with Crippen molar-refractivity contribution in [1.82, 2.24) is 25.4 Å². The third-order valence-electron chi connectivity index (χ3n) is 2.46. The lowest BCUT2D eigenvalue weighted by molar-refractivity contribution is 0.0662. The van der Waals surface area contributed by atoms with E-state index in [-0.39, 0.29) is 5.91 Å². The molecule has 0 aliphatic carbocycles. The summed E-state index contributed by atoms with van der Waals surface area (Å²) in [6.07, 6.45) is 1.35. The minimum atomic E-state index is -0.0762. The van der Waals surface area contributed by atoms with E-state index in [1.165, 1.54) is 6.33 Å². The van der Waals surface area contributed by atoms with Crippen molar-refractivity contribution in [3.63, 3.8) is 0 Å². The maximum atomic E-state index is 11.9. The molecule has 2 N–H and O–H groups in total. The Bertz CT molecular complexity index is 326. The molecule has 15 heavy (non-hydrogen) atoms. The van der Waals surface area contributed by atoms with Crippen molar-refractivity contribution in [3.05, 3.63) is 12.2 Å². The molecule has 0 aromatic carbocycles. The molecule has 1 fully saturated rings. The molecule has 1 aliphatic heterocycles. The Morgan fingerprint density at radius 1 is 1.47 bits per heavy atom. The lowest BCUT2D eigenvalue weighted by Crippen LogP contribution is -2.56. The topological polar surface area (TPSA) is 73.9 Å². The van der Waals surface area contributed by atoms with Crippen LogP contribution in [0.3, 0.4) is 0 Å². The first-order chi connectivity index (χ1) is 7.16. The van der Waals surface area contributed by atoms with E-state index in [1.807, 2.05) is 0 Å². The summed E-state index contributed by atoms with van der Waals surface area (Å²) in [5.41, 5.74) is 0. The first-order valence-corrected chi connectivity index (χ1v) is 5.07. The number of carbonyl (C=O) groups is 1. The molecule has 1 saturated heterocycles. The highest BCUT2D eigenvalue weighted by Crippen LogP contribution is 2.06. The maximum absolute atomic E-state index is 11.9. The largest absolute Gasteiger partial charge is 0.333 e. The minimum Gasteiger partial charge on any atom is -0.333 e. The van der Waals surface area contributed by atoms with Gasteiger partial charge in [-0.1, -0.05) is 0 Å². The summed E-state index contributed by atoms with van der Waals surface area (Å²) in [6.45, 7) is 5.56. The van der Waals surface area contributed by atoms with Crippen LogP contribution in [0.5, 0.6) is 0 Å². The van der Waals surface area contributed by atoms with Crippen LogP contribution in [0, 0.1) is 0 Å². The first-order valence-electron chi connectivity index (χ1n) is 5.07. The zero-order valence-corrected chi connectivity index (χ0v) is 8.90. The second-order valence-corrected chi connectivity index (χ2v) is 4.01. The van der Waals surface area contributed by atoms with Crippen LogP contribution in [0.1, 0.15) is 24.5 Å². The summed E-state index contributed by atoms with van der Waals surface area (Å²) in [5, 5.41) is 9.64. The average Bonchev–Trinajstić information content (AvgIpc) is 2.67. The molecule has 2 heterocycles.